The summed E-state index contributed by atoms with van der Waals surface area (Å²) < 4.78 is 2.10. The van der Waals surface area contributed by atoms with Gasteiger partial charge in [0.2, 0.25) is 0 Å². The van der Waals surface area contributed by atoms with Crippen molar-refractivity contribution in [3.8, 4) is 0 Å². The number of thiophene rings is 1. The van der Waals surface area contributed by atoms with Crippen molar-refractivity contribution >= 4 is 49.2 Å². The summed E-state index contributed by atoms with van der Waals surface area (Å²) >= 11 is 8.60. The molecule has 0 radical (unpaired) electrons. The van der Waals surface area contributed by atoms with Crippen LogP contribution in [0.15, 0.2) is 14.3 Å². The van der Waals surface area contributed by atoms with Crippen LogP contribution in [0.25, 0.3) is 0 Å². The van der Waals surface area contributed by atoms with Gasteiger partial charge in [-0.05, 0) is 63.7 Å². The number of carboxylic acid groups (broad SMARTS) is 1. The van der Waals surface area contributed by atoms with Gasteiger partial charge in [-0.2, -0.15) is 0 Å². The predicted molar refractivity (Wildman–Crippen MR) is 80.0 cm³/mol. The van der Waals surface area contributed by atoms with Crippen LogP contribution in [0.1, 0.15) is 31.1 Å². The van der Waals surface area contributed by atoms with E-state index >= 15 is 0 Å². The largest absolute Gasteiger partial charge is 0.480 e. The maximum Gasteiger partial charge on any atom is 0.324 e. The lowest BCUT2D eigenvalue weighted by Gasteiger charge is -2.33. The van der Waals surface area contributed by atoms with Crippen molar-refractivity contribution in [2.75, 3.05) is 6.54 Å². The smallest absolute Gasteiger partial charge is 0.324 e. The van der Waals surface area contributed by atoms with Crippen LogP contribution in [-0.2, 0) is 11.3 Å². The quantitative estimate of drug-likeness (QED) is 0.832. The van der Waals surface area contributed by atoms with Gasteiger partial charge in [0.1, 0.15) is 5.54 Å². The molecule has 0 aliphatic carbocycles. The van der Waals surface area contributed by atoms with E-state index in [-0.39, 0.29) is 0 Å². The first kappa shape index (κ1) is 14.5. The van der Waals surface area contributed by atoms with Gasteiger partial charge >= 0.3 is 5.97 Å². The van der Waals surface area contributed by atoms with Crippen molar-refractivity contribution < 1.29 is 9.90 Å². The molecule has 1 aliphatic rings. The number of carbonyl (C=O) groups is 1. The molecule has 100 valence electrons. The van der Waals surface area contributed by atoms with Crippen LogP contribution in [-0.4, -0.2) is 28.1 Å². The lowest BCUT2D eigenvalue weighted by atomic mass is 9.93. The second-order valence-corrected chi connectivity index (χ2v) is 7.86. The molecule has 1 aromatic rings. The number of hydrogen-bond acceptors (Lipinski definition) is 3. The molecule has 1 aliphatic heterocycles. The number of halogens is 2. The molecule has 1 aromatic heterocycles. The van der Waals surface area contributed by atoms with E-state index in [9.17, 15) is 9.90 Å². The SMILES string of the molecule is CCC1(C(=O)O)CCCN1Cc1cc(Br)c(Br)s1. The van der Waals surface area contributed by atoms with E-state index in [1.807, 2.05) is 6.92 Å². The first-order chi connectivity index (χ1) is 8.49. The Morgan fingerprint density at radius 2 is 2.33 bits per heavy atom. The van der Waals surface area contributed by atoms with Crippen molar-refractivity contribution in [3.63, 3.8) is 0 Å². The number of aliphatic carboxylic acids is 1. The summed E-state index contributed by atoms with van der Waals surface area (Å²) in [7, 11) is 0. The van der Waals surface area contributed by atoms with E-state index in [0.717, 1.165) is 34.2 Å². The Balaban J connectivity index is 2.19. The van der Waals surface area contributed by atoms with Crippen LogP contribution >= 0.6 is 43.2 Å². The van der Waals surface area contributed by atoms with E-state index in [1.165, 1.54) is 4.88 Å². The molecular formula is C12H15Br2NO2S. The molecule has 3 nitrogen and oxygen atoms in total. The zero-order valence-electron chi connectivity index (χ0n) is 10.1. The Labute approximate surface area is 127 Å². The Morgan fingerprint density at radius 3 is 2.83 bits per heavy atom. The van der Waals surface area contributed by atoms with E-state index < -0.39 is 11.5 Å². The van der Waals surface area contributed by atoms with Gasteiger partial charge in [0.15, 0.2) is 0 Å². The first-order valence-corrected chi connectivity index (χ1v) is 8.32. The summed E-state index contributed by atoms with van der Waals surface area (Å²) in [5.41, 5.74) is -0.664. The maximum absolute atomic E-state index is 11.6. The molecule has 1 N–H and O–H groups in total. The number of nitrogens with zero attached hydrogens (tertiary/aromatic N) is 1. The molecule has 0 amide bonds. The molecule has 0 saturated carbocycles. The van der Waals surface area contributed by atoms with Crippen molar-refractivity contribution in [2.24, 2.45) is 0 Å². The number of likely N-dealkylation sites (tertiary alicyclic amines) is 1. The molecule has 1 atom stereocenters. The molecule has 0 spiro atoms. The van der Waals surface area contributed by atoms with Crippen molar-refractivity contribution in [1.82, 2.24) is 4.90 Å². The Kier molecular flexibility index (Phi) is 4.52. The van der Waals surface area contributed by atoms with Crippen LogP contribution in [0.4, 0.5) is 0 Å². The third-order valence-corrected chi connectivity index (χ3v) is 6.89. The molecular weight excluding hydrogens is 382 g/mol. The molecule has 1 saturated heterocycles. The molecule has 0 aromatic carbocycles. The highest BCUT2D eigenvalue weighted by molar-refractivity contribution is 9.13. The Hall–Kier alpha value is 0.0900. The monoisotopic (exact) mass is 395 g/mol. The van der Waals surface area contributed by atoms with E-state index in [1.54, 1.807) is 11.3 Å². The second kappa shape index (κ2) is 5.61. The molecule has 1 fully saturated rings. The fourth-order valence-electron chi connectivity index (χ4n) is 2.62. The van der Waals surface area contributed by atoms with E-state index in [0.29, 0.717) is 6.42 Å². The summed E-state index contributed by atoms with van der Waals surface area (Å²) in [5.74, 6) is -0.683. The van der Waals surface area contributed by atoms with Gasteiger partial charge in [0.05, 0.1) is 3.79 Å². The highest BCUT2D eigenvalue weighted by Gasteiger charge is 2.46. The third kappa shape index (κ3) is 2.53. The molecule has 6 heteroatoms. The Morgan fingerprint density at radius 1 is 1.61 bits per heavy atom. The van der Waals surface area contributed by atoms with Gasteiger partial charge in [-0.15, -0.1) is 11.3 Å². The summed E-state index contributed by atoms with van der Waals surface area (Å²) in [6.07, 6.45) is 2.39. The highest BCUT2D eigenvalue weighted by Crippen LogP contribution is 2.38. The molecule has 1 unspecified atom stereocenters. The maximum atomic E-state index is 11.6. The van der Waals surface area contributed by atoms with Crippen LogP contribution in [0.5, 0.6) is 0 Å². The topological polar surface area (TPSA) is 40.5 Å². The number of rotatable bonds is 4. The third-order valence-electron chi connectivity index (χ3n) is 3.65. The second-order valence-electron chi connectivity index (χ2n) is 4.55. The number of carboxylic acids is 1. The standard InChI is InChI=1S/C12H15Br2NO2S/c1-2-12(11(16)17)4-3-5-15(12)7-8-6-9(13)10(14)18-8/h6H,2-5,7H2,1H3,(H,16,17). The average Bonchev–Trinajstić information content (AvgIpc) is 2.85. The van der Waals surface area contributed by atoms with Crippen molar-refractivity contribution in [1.29, 1.82) is 0 Å². The minimum atomic E-state index is -0.683. The van der Waals surface area contributed by atoms with Crippen molar-refractivity contribution in [3.05, 3.63) is 19.2 Å². The summed E-state index contributed by atoms with van der Waals surface area (Å²) in [6, 6.07) is 2.06. The Bertz CT molecular complexity index is 443. The van der Waals surface area contributed by atoms with Crippen LogP contribution in [0.2, 0.25) is 0 Å². The predicted octanol–water partition coefficient (Wildman–Crippen LogP) is 4.10. The molecule has 0 bridgehead atoms. The van der Waals surface area contributed by atoms with Crippen molar-refractivity contribution in [2.45, 2.75) is 38.3 Å². The first-order valence-electron chi connectivity index (χ1n) is 5.92. The fraction of sp³-hybridized carbons (Fsp3) is 0.583. The summed E-state index contributed by atoms with van der Waals surface area (Å²) in [4.78, 5) is 14.9. The minimum absolute atomic E-state index is 0.663. The van der Waals surface area contributed by atoms with Crippen LogP contribution < -0.4 is 0 Å². The minimum Gasteiger partial charge on any atom is -0.480 e. The molecule has 2 rings (SSSR count). The zero-order chi connectivity index (χ0) is 13.3. The number of hydrogen-bond donors (Lipinski definition) is 1. The zero-order valence-corrected chi connectivity index (χ0v) is 14.1. The lowest BCUT2D eigenvalue weighted by molar-refractivity contribution is -0.150. The summed E-state index contributed by atoms with van der Waals surface area (Å²) in [6.45, 7) is 3.55. The van der Waals surface area contributed by atoms with Crippen LogP contribution in [0.3, 0.4) is 0 Å². The normalized spacial score (nSPS) is 24.6. The van der Waals surface area contributed by atoms with Gasteiger partial charge in [-0.1, -0.05) is 6.92 Å². The molecule has 2 heterocycles. The van der Waals surface area contributed by atoms with E-state index in [4.69, 9.17) is 0 Å². The van der Waals surface area contributed by atoms with Gasteiger partial charge in [-0.3, -0.25) is 9.69 Å². The molecule has 18 heavy (non-hydrogen) atoms. The fourth-order valence-corrected chi connectivity index (χ4v) is 4.81. The summed E-state index contributed by atoms with van der Waals surface area (Å²) in [5, 5.41) is 9.52. The van der Waals surface area contributed by atoms with Gasteiger partial charge in [0, 0.05) is 15.9 Å². The van der Waals surface area contributed by atoms with E-state index in [2.05, 4.69) is 42.8 Å². The van der Waals surface area contributed by atoms with Gasteiger partial charge in [0.25, 0.3) is 0 Å². The van der Waals surface area contributed by atoms with Gasteiger partial charge in [-0.25, -0.2) is 0 Å². The lowest BCUT2D eigenvalue weighted by Crippen LogP contribution is -2.49. The van der Waals surface area contributed by atoms with Gasteiger partial charge < -0.3 is 5.11 Å². The highest BCUT2D eigenvalue weighted by atomic mass is 79.9. The van der Waals surface area contributed by atoms with Crippen LogP contribution in [0, 0.1) is 0 Å². The average molecular weight is 397 g/mol.